The maximum absolute atomic E-state index is 11.2. The monoisotopic (exact) mass is 260 g/mol. The maximum atomic E-state index is 11.2. The highest BCUT2D eigenvalue weighted by Crippen LogP contribution is 2.29. The van der Waals surface area contributed by atoms with Crippen molar-refractivity contribution in [2.75, 3.05) is 11.5 Å². The number of nitrogen functional groups attached to an aromatic ring is 2. The summed E-state index contributed by atoms with van der Waals surface area (Å²) in [6, 6.07) is 4.63. The Morgan fingerprint density at radius 2 is 2.22 bits per heavy atom. The molecule has 0 unspecified atom stereocenters. The van der Waals surface area contributed by atoms with Gasteiger partial charge in [0.1, 0.15) is 16.9 Å². The van der Waals surface area contributed by atoms with Gasteiger partial charge in [-0.1, -0.05) is 0 Å². The van der Waals surface area contributed by atoms with E-state index in [0.717, 1.165) is 11.8 Å². The van der Waals surface area contributed by atoms with E-state index in [2.05, 4.69) is 15.0 Å². The predicted molar refractivity (Wildman–Crippen MR) is 66.8 cm³/mol. The van der Waals surface area contributed by atoms with Crippen LogP contribution in [0, 0.1) is 11.3 Å². The van der Waals surface area contributed by atoms with Gasteiger partial charge in [0.05, 0.1) is 11.3 Å². The lowest BCUT2D eigenvalue weighted by Crippen LogP contribution is -2.09. The van der Waals surface area contributed by atoms with E-state index in [4.69, 9.17) is 16.7 Å². The van der Waals surface area contributed by atoms with E-state index in [1.54, 1.807) is 0 Å². The second kappa shape index (κ2) is 4.77. The summed E-state index contributed by atoms with van der Waals surface area (Å²) in [5.41, 5.74) is 11.4. The minimum absolute atomic E-state index is 0.108. The van der Waals surface area contributed by atoms with Crippen LogP contribution >= 0.6 is 11.8 Å². The Morgan fingerprint density at radius 1 is 1.44 bits per heavy atom. The lowest BCUT2D eigenvalue weighted by Gasteiger charge is -2.04. The molecule has 2 heterocycles. The van der Waals surface area contributed by atoms with Crippen LogP contribution in [0.15, 0.2) is 33.3 Å². The molecule has 0 amide bonds. The summed E-state index contributed by atoms with van der Waals surface area (Å²) < 4.78 is 0. The number of nitrogens with one attached hydrogen (secondary N) is 1. The average Bonchev–Trinajstić information content (AvgIpc) is 2.30. The van der Waals surface area contributed by atoms with Crippen LogP contribution in [-0.2, 0) is 0 Å². The number of aromatic nitrogens is 3. The van der Waals surface area contributed by atoms with Gasteiger partial charge in [0.2, 0.25) is 0 Å². The maximum Gasteiger partial charge on any atom is 0.253 e. The van der Waals surface area contributed by atoms with E-state index < -0.39 is 0 Å². The molecule has 0 saturated carbocycles. The van der Waals surface area contributed by atoms with E-state index in [9.17, 15) is 4.79 Å². The van der Waals surface area contributed by atoms with Gasteiger partial charge < -0.3 is 16.5 Å². The number of anilines is 2. The third-order valence-electron chi connectivity index (χ3n) is 2.01. The van der Waals surface area contributed by atoms with Crippen molar-refractivity contribution < 1.29 is 0 Å². The first-order valence-corrected chi connectivity index (χ1v) is 5.61. The second-order valence-electron chi connectivity index (χ2n) is 3.27. The molecule has 0 aromatic carbocycles. The molecule has 0 fully saturated rings. The van der Waals surface area contributed by atoms with Crippen molar-refractivity contribution in [3.05, 3.63) is 34.2 Å². The second-order valence-corrected chi connectivity index (χ2v) is 4.24. The Morgan fingerprint density at radius 3 is 2.89 bits per heavy atom. The molecular formula is C10H8N6OS. The minimum Gasteiger partial charge on any atom is -0.395 e. The van der Waals surface area contributed by atoms with Crippen molar-refractivity contribution in [1.29, 1.82) is 5.26 Å². The zero-order chi connectivity index (χ0) is 13.1. The highest BCUT2D eigenvalue weighted by atomic mass is 32.2. The minimum atomic E-state index is -0.361. The number of hydrogen-bond acceptors (Lipinski definition) is 7. The molecule has 8 heteroatoms. The summed E-state index contributed by atoms with van der Waals surface area (Å²) in [7, 11) is 0. The molecule has 5 N–H and O–H groups in total. The smallest absolute Gasteiger partial charge is 0.253 e. The van der Waals surface area contributed by atoms with Gasteiger partial charge in [-0.2, -0.15) is 5.26 Å². The van der Waals surface area contributed by atoms with Gasteiger partial charge in [0.25, 0.3) is 5.56 Å². The van der Waals surface area contributed by atoms with Crippen LogP contribution < -0.4 is 17.0 Å². The molecule has 7 nitrogen and oxygen atoms in total. The van der Waals surface area contributed by atoms with Gasteiger partial charge in [-0.05, 0) is 17.8 Å². The van der Waals surface area contributed by atoms with Gasteiger partial charge in [-0.15, -0.1) is 0 Å². The standard InChI is InChI=1S/C10H8N6OS/c11-4-5-1-2-14-9(8(5)13)18-10-15-6(12)3-7(17)16-10/h1-3H,13H2,(H3,12,15,16,17). The highest BCUT2D eigenvalue weighted by Gasteiger charge is 2.09. The van der Waals surface area contributed by atoms with E-state index in [-0.39, 0.29) is 22.2 Å². The van der Waals surface area contributed by atoms with E-state index in [1.165, 1.54) is 18.3 Å². The normalized spacial score (nSPS) is 9.94. The number of hydrogen-bond donors (Lipinski definition) is 3. The topological polar surface area (TPSA) is 134 Å². The molecule has 18 heavy (non-hydrogen) atoms. The quantitative estimate of drug-likeness (QED) is 0.663. The molecule has 0 aliphatic heterocycles. The van der Waals surface area contributed by atoms with Crippen molar-refractivity contribution in [3.63, 3.8) is 0 Å². The van der Waals surface area contributed by atoms with Crippen molar-refractivity contribution in [2.24, 2.45) is 0 Å². The van der Waals surface area contributed by atoms with Crippen molar-refractivity contribution in [2.45, 2.75) is 10.2 Å². The average molecular weight is 260 g/mol. The third kappa shape index (κ3) is 2.41. The molecule has 0 radical (unpaired) electrons. The molecule has 2 aromatic heterocycles. The fraction of sp³-hybridized carbons (Fsp3) is 0. The molecule has 0 saturated heterocycles. The van der Waals surface area contributed by atoms with Crippen LogP contribution in [0.4, 0.5) is 11.5 Å². The number of nitrogens with zero attached hydrogens (tertiary/aromatic N) is 3. The largest absolute Gasteiger partial charge is 0.395 e. The van der Waals surface area contributed by atoms with Gasteiger partial charge in [-0.25, -0.2) is 9.97 Å². The molecule has 2 rings (SSSR count). The van der Waals surface area contributed by atoms with Gasteiger partial charge in [-0.3, -0.25) is 4.79 Å². The van der Waals surface area contributed by atoms with E-state index in [1.807, 2.05) is 6.07 Å². The zero-order valence-corrected chi connectivity index (χ0v) is 9.86. The summed E-state index contributed by atoms with van der Waals surface area (Å²) >= 11 is 1.04. The summed E-state index contributed by atoms with van der Waals surface area (Å²) in [5.74, 6) is 0.108. The number of nitriles is 1. The van der Waals surface area contributed by atoms with Crippen molar-refractivity contribution >= 4 is 23.3 Å². The molecule has 0 aliphatic rings. The van der Waals surface area contributed by atoms with Gasteiger partial charge >= 0.3 is 0 Å². The fourth-order valence-corrected chi connectivity index (χ4v) is 2.05. The first-order valence-electron chi connectivity index (χ1n) is 4.79. The Kier molecular flexibility index (Phi) is 3.16. The first kappa shape index (κ1) is 11.9. The zero-order valence-electron chi connectivity index (χ0n) is 9.04. The Balaban J connectivity index is 2.40. The molecule has 0 atom stereocenters. The lowest BCUT2D eigenvalue weighted by atomic mass is 10.2. The summed E-state index contributed by atoms with van der Waals surface area (Å²) in [6.07, 6.45) is 1.46. The summed E-state index contributed by atoms with van der Waals surface area (Å²) in [5, 5.41) is 9.50. The number of aromatic amines is 1. The lowest BCUT2D eigenvalue weighted by molar-refractivity contribution is 0.940. The number of rotatable bonds is 2. The van der Waals surface area contributed by atoms with Crippen molar-refractivity contribution in [1.82, 2.24) is 15.0 Å². The van der Waals surface area contributed by atoms with E-state index >= 15 is 0 Å². The first-order chi connectivity index (χ1) is 8.60. The molecule has 0 aliphatic carbocycles. The van der Waals surface area contributed by atoms with Crippen LogP contribution in [-0.4, -0.2) is 15.0 Å². The van der Waals surface area contributed by atoms with Gasteiger partial charge in [0, 0.05) is 12.3 Å². The summed E-state index contributed by atoms with van der Waals surface area (Å²) in [6.45, 7) is 0. The van der Waals surface area contributed by atoms with E-state index in [0.29, 0.717) is 10.6 Å². The Labute approximate surface area is 106 Å². The summed E-state index contributed by atoms with van der Waals surface area (Å²) in [4.78, 5) is 21.7. The molecular weight excluding hydrogens is 252 g/mol. The van der Waals surface area contributed by atoms with Gasteiger partial charge in [0.15, 0.2) is 5.16 Å². The van der Waals surface area contributed by atoms with Crippen LogP contribution in [0.1, 0.15) is 5.56 Å². The SMILES string of the molecule is N#Cc1ccnc(Sc2nc(N)cc(=O)[nH]2)c1N. The van der Waals surface area contributed by atoms with Crippen LogP contribution in [0.2, 0.25) is 0 Å². The predicted octanol–water partition coefficient (Wildman–Crippen LogP) is 0.352. The van der Waals surface area contributed by atoms with Crippen LogP contribution in [0.3, 0.4) is 0 Å². The molecule has 0 spiro atoms. The fourth-order valence-electron chi connectivity index (χ4n) is 1.23. The Hall–Kier alpha value is -2.53. The molecule has 0 bridgehead atoms. The number of pyridine rings is 1. The van der Waals surface area contributed by atoms with Crippen LogP contribution in [0.5, 0.6) is 0 Å². The highest BCUT2D eigenvalue weighted by molar-refractivity contribution is 7.99. The molecule has 90 valence electrons. The number of H-pyrrole nitrogens is 1. The Bertz CT molecular complexity index is 689. The van der Waals surface area contributed by atoms with Crippen molar-refractivity contribution in [3.8, 4) is 6.07 Å². The van der Waals surface area contributed by atoms with Crippen LogP contribution in [0.25, 0.3) is 0 Å². The third-order valence-corrected chi connectivity index (χ3v) is 2.91. The molecule has 2 aromatic rings. The number of nitrogens with two attached hydrogens (primary N) is 2.